The zero-order valence-electron chi connectivity index (χ0n) is 14.5. The number of nitrogens with one attached hydrogen (secondary N) is 1. The Hall–Kier alpha value is -1.20. The Bertz CT molecular complexity index is 488. The monoisotopic (exact) mass is 335 g/mol. The molecule has 4 nitrogen and oxygen atoms in total. The van der Waals surface area contributed by atoms with E-state index in [1.165, 1.54) is 12.0 Å². The number of hydrogen-bond acceptors (Lipinski definition) is 3. The van der Waals surface area contributed by atoms with Crippen molar-refractivity contribution in [3.8, 4) is 0 Å². The van der Waals surface area contributed by atoms with Gasteiger partial charge in [-0.05, 0) is 56.0 Å². The van der Waals surface area contributed by atoms with Gasteiger partial charge in [0, 0.05) is 26.2 Å². The van der Waals surface area contributed by atoms with Gasteiger partial charge in [0.15, 0.2) is 0 Å². The van der Waals surface area contributed by atoms with E-state index in [0.717, 1.165) is 37.4 Å². The fourth-order valence-electron chi connectivity index (χ4n) is 3.04. The summed E-state index contributed by atoms with van der Waals surface area (Å²) in [5, 5.41) is 3.06. The quantitative estimate of drug-likeness (QED) is 0.868. The molecule has 1 fully saturated rings. The van der Waals surface area contributed by atoms with Crippen molar-refractivity contribution in [3.63, 3.8) is 0 Å². The molecule has 0 spiro atoms. The van der Waals surface area contributed by atoms with Crippen LogP contribution in [-0.2, 0) is 13.1 Å². The molecule has 0 saturated carbocycles. The topological polar surface area (TPSA) is 35.6 Å². The average Bonchev–Trinajstić information content (AvgIpc) is 2.54. The Morgan fingerprint density at radius 3 is 2.65 bits per heavy atom. The van der Waals surface area contributed by atoms with Gasteiger partial charge >= 0.3 is 6.03 Å². The summed E-state index contributed by atoms with van der Waals surface area (Å²) in [6.45, 7) is 3.33. The van der Waals surface area contributed by atoms with Gasteiger partial charge in [-0.15, -0.1) is 0 Å². The van der Waals surface area contributed by atoms with E-state index in [2.05, 4.69) is 54.8 Å². The normalized spacial score (nSPS) is 18.3. The number of likely N-dealkylation sites (tertiary alicyclic amines) is 1. The van der Waals surface area contributed by atoms with Crippen LogP contribution in [0.2, 0.25) is 0 Å². The van der Waals surface area contributed by atoms with E-state index in [1.807, 2.05) is 16.7 Å². The van der Waals surface area contributed by atoms with E-state index in [4.69, 9.17) is 0 Å². The van der Waals surface area contributed by atoms with Crippen molar-refractivity contribution in [3.05, 3.63) is 35.4 Å². The molecule has 1 aliphatic heterocycles. The van der Waals surface area contributed by atoms with Gasteiger partial charge in [0.05, 0.1) is 0 Å². The van der Waals surface area contributed by atoms with E-state index in [0.29, 0.717) is 12.5 Å². The number of hydrogen-bond donors (Lipinski definition) is 1. The molecule has 0 aromatic heterocycles. The van der Waals surface area contributed by atoms with Crippen molar-refractivity contribution in [2.24, 2.45) is 5.92 Å². The number of benzene rings is 1. The smallest absolute Gasteiger partial charge is 0.317 e. The summed E-state index contributed by atoms with van der Waals surface area (Å²) in [6, 6.07) is 8.55. The molecule has 128 valence electrons. The maximum atomic E-state index is 12.3. The molecular formula is C18H29N3OS. The molecule has 0 bridgehead atoms. The van der Waals surface area contributed by atoms with Crippen molar-refractivity contribution in [2.45, 2.75) is 25.9 Å². The maximum absolute atomic E-state index is 12.3. The highest BCUT2D eigenvalue weighted by atomic mass is 32.2. The molecule has 0 radical (unpaired) electrons. The number of amides is 2. The van der Waals surface area contributed by atoms with Crippen LogP contribution in [0, 0.1) is 5.92 Å². The second-order valence-corrected chi connectivity index (χ2v) is 7.53. The van der Waals surface area contributed by atoms with Crippen molar-refractivity contribution >= 4 is 17.8 Å². The molecule has 23 heavy (non-hydrogen) atoms. The van der Waals surface area contributed by atoms with Crippen LogP contribution < -0.4 is 5.32 Å². The third-order valence-corrected chi connectivity index (χ3v) is 4.98. The van der Waals surface area contributed by atoms with Gasteiger partial charge in [-0.25, -0.2) is 4.79 Å². The van der Waals surface area contributed by atoms with E-state index < -0.39 is 0 Å². The maximum Gasteiger partial charge on any atom is 0.317 e. The second-order valence-electron chi connectivity index (χ2n) is 6.62. The molecule has 2 rings (SSSR count). The molecule has 0 aliphatic carbocycles. The summed E-state index contributed by atoms with van der Waals surface area (Å²) >= 11 is 1.88. The highest BCUT2D eigenvalue weighted by Gasteiger charge is 2.22. The van der Waals surface area contributed by atoms with Gasteiger partial charge in [-0.1, -0.05) is 24.3 Å². The lowest BCUT2D eigenvalue weighted by atomic mass is 10.0. The molecule has 1 saturated heterocycles. The predicted octanol–water partition coefficient (Wildman–Crippen LogP) is 3.03. The van der Waals surface area contributed by atoms with Crippen molar-refractivity contribution in [1.82, 2.24) is 15.1 Å². The third kappa shape index (κ3) is 6.07. The van der Waals surface area contributed by atoms with Crippen molar-refractivity contribution in [2.75, 3.05) is 39.2 Å². The van der Waals surface area contributed by atoms with Gasteiger partial charge in [0.25, 0.3) is 0 Å². The van der Waals surface area contributed by atoms with Crippen LogP contribution in [0.25, 0.3) is 0 Å². The minimum absolute atomic E-state index is 0.0770. The van der Waals surface area contributed by atoms with Crippen LogP contribution in [-0.4, -0.2) is 55.0 Å². The summed E-state index contributed by atoms with van der Waals surface area (Å²) in [6.07, 6.45) is 4.51. The van der Waals surface area contributed by atoms with Gasteiger partial charge < -0.3 is 15.1 Å². The summed E-state index contributed by atoms with van der Waals surface area (Å²) in [7, 11) is 4.13. The molecule has 1 aromatic rings. The first-order valence-corrected chi connectivity index (χ1v) is 9.72. The number of urea groups is 1. The lowest BCUT2D eigenvalue weighted by Gasteiger charge is -2.32. The number of piperidine rings is 1. The first-order valence-electron chi connectivity index (χ1n) is 8.32. The van der Waals surface area contributed by atoms with E-state index >= 15 is 0 Å². The molecule has 2 amide bonds. The summed E-state index contributed by atoms with van der Waals surface area (Å²) in [5.74, 6) is 1.80. The lowest BCUT2D eigenvalue weighted by molar-refractivity contribution is 0.170. The average molecular weight is 336 g/mol. The minimum Gasteiger partial charge on any atom is -0.334 e. The highest BCUT2D eigenvalue weighted by Crippen LogP contribution is 2.19. The molecule has 1 atom stereocenters. The fourth-order valence-corrected chi connectivity index (χ4v) is 3.78. The third-order valence-electron chi connectivity index (χ3n) is 4.17. The molecule has 5 heteroatoms. The predicted molar refractivity (Wildman–Crippen MR) is 98.7 cm³/mol. The van der Waals surface area contributed by atoms with Gasteiger partial charge in [0.1, 0.15) is 0 Å². The molecule has 1 heterocycles. The number of nitrogens with zero attached hydrogens (tertiary/aromatic N) is 2. The van der Waals surface area contributed by atoms with E-state index in [-0.39, 0.29) is 6.03 Å². The lowest BCUT2D eigenvalue weighted by Crippen LogP contribution is -2.45. The van der Waals surface area contributed by atoms with E-state index in [9.17, 15) is 4.79 Å². The summed E-state index contributed by atoms with van der Waals surface area (Å²) in [4.78, 5) is 16.5. The van der Waals surface area contributed by atoms with Crippen LogP contribution in [0.5, 0.6) is 0 Å². The number of rotatable bonds is 6. The van der Waals surface area contributed by atoms with Crippen LogP contribution in [0.3, 0.4) is 0 Å². The highest BCUT2D eigenvalue weighted by molar-refractivity contribution is 7.98. The van der Waals surface area contributed by atoms with Gasteiger partial charge in [0.2, 0.25) is 0 Å². The number of thioether (sulfide) groups is 1. The Morgan fingerprint density at radius 2 is 2.00 bits per heavy atom. The largest absolute Gasteiger partial charge is 0.334 e. The molecule has 1 N–H and O–H groups in total. The summed E-state index contributed by atoms with van der Waals surface area (Å²) in [5.41, 5.74) is 2.44. The zero-order chi connectivity index (χ0) is 16.7. The minimum atomic E-state index is 0.0770. The zero-order valence-corrected chi connectivity index (χ0v) is 15.4. The van der Waals surface area contributed by atoms with Crippen LogP contribution in [0.1, 0.15) is 24.0 Å². The van der Waals surface area contributed by atoms with Crippen molar-refractivity contribution in [1.29, 1.82) is 0 Å². The Balaban J connectivity index is 1.79. The molecule has 1 aromatic carbocycles. The standard InChI is InChI=1S/C18H29N3OS/c1-20(2)12-16-8-6-15(7-9-16)11-19-18(22)21-10-4-5-17(13-21)14-23-3/h6-9,17H,4-5,10-14H2,1-3H3,(H,19,22). The second kappa shape index (κ2) is 9.18. The fraction of sp³-hybridized carbons (Fsp3) is 0.611. The van der Waals surface area contributed by atoms with Crippen LogP contribution >= 0.6 is 11.8 Å². The van der Waals surface area contributed by atoms with E-state index in [1.54, 1.807) is 0 Å². The van der Waals surface area contributed by atoms with Crippen molar-refractivity contribution < 1.29 is 4.79 Å². The van der Waals surface area contributed by atoms with Crippen LogP contribution in [0.4, 0.5) is 4.79 Å². The Labute approximate surface area is 144 Å². The first kappa shape index (κ1) is 18.1. The van der Waals surface area contributed by atoms with Gasteiger partial charge in [-0.3, -0.25) is 0 Å². The molecule has 1 unspecified atom stereocenters. The molecular weight excluding hydrogens is 306 g/mol. The van der Waals surface area contributed by atoms with Crippen LogP contribution in [0.15, 0.2) is 24.3 Å². The summed E-state index contributed by atoms with van der Waals surface area (Å²) < 4.78 is 0. The Morgan fingerprint density at radius 1 is 1.30 bits per heavy atom. The first-order chi connectivity index (χ1) is 11.1. The Kier molecular flexibility index (Phi) is 7.24. The number of carbonyl (C=O) groups is 1. The molecule has 1 aliphatic rings. The SMILES string of the molecule is CSCC1CCCN(C(=O)NCc2ccc(CN(C)C)cc2)C1. The number of carbonyl (C=O) groups excluding carboxylic acids is 1. The van der Waals surface area contributed by atoms with Gasteiger partial charge in [-0.2, -0.15) is 11.8 Å².